The van der Waals surface area contributed by atoms with Crippen molar-refractivity contribution < 1.29 is 9.90 Å². The Morgan fingerprint density at radius 1 is 1.40 bits per heavy atom. The molecule has 0 saturated carbocycles. The fraction of sp³-hybridized carbons (Fsp3) is 0.333. The summed E-state index contributed by atoms with van der Waals surface area (Å²) < 4.78 is 0. The third kappa shape index (κ3) is 2.27. The molecule has 2 aromatic rings. The van der Waals surface area contributed by atoms with Crippen molar-refractivity contribution in [2.75, 3.05) is 23.7 Å². The maximum absolute atomic E-state index is 11.2. The second-order valence-electron chi connectivity index (χ2n) is 5.24. The molecule has 1 unspecified atom stereocenters. The predicted octanol–water partition coefficient (Wildman–Crippen LogP) is 2.12. The minimum atomic E-state index is -0.723. The van der Waals surface area contributed by atoms with Crippen molar-refractivity contribution in [2.45, 2.75) is 12.8 Å². The van der Waals surface area contributed by atoms with E-state index in [2.05, 4.69) is 9.88 Å². The zero-order valence-corrected chi connectivity index (χ0v) is 11.1. The minimum Gasteiger partial charge on any atom is -0.481 e. The fourth-order valence-corrected chi connectivity index (χ4v) is 2.80. The molecule has 0 radical (unpaired) electrons. The molecule has 1 aliphatic rings. The number of fused-ring (bicyclic) bond motifs is 1. The van der Waals surface area contributed by atoms with Crippen molar-refractivity contribution in [3.05, 3.63) is 30.5 Å². The molecule has 5 nitrogen and oxygen atoms in total. The van der Waals surface area contributed by atoms with Crippen LogP contribution in [0.5, 0.6) is 0 Å². The van der Waals surface area contributed by atoms with E-state index in [1.54, 1.807) is 6.20 Å². The number of nitrogens with two attached hydrogens (primary N) is 1. The Kier molecular flexibility index (Phi) is 3.18. The summed E-state index contributed by atoms with van der Waals surface area (Å²) in [6.45, 7) is 1.37. The highest BCUT2D eigenvalue weighted by Gasteiger charge is 2.26. The fourth-order valence-electron chi connectivity index (χ4n) is 2.80. The molecule has 1 aromatic heterocycles. The molecular formula is C15H17N3O2. The first-order valence-corrected chi connectivity index (χ1v) is 6.77. The molecule has 20 heavy (non-hydrogen) atoms. The Hall–Kier alpha value is -2.30. The number of carboxylic acids is 1. The molecule has 2 heterocycles. The normalized spacial score (nSPS) is 19.2. The number of carbonyl (C=O) groups is 1. The minimum absolute atomic E-state index is 0.311. The Labute approximate surface area is 117 Å². The lowest BCUT2D eigenvalue weighted by molar-refractivity contribution is -0.141. The smallest absolute Gasteiger partial charge is 0.308 e. The van der Waals surface area contributed by atoms with Crippen LogP contribution in [0.2, 0.25) is 0 Å². The van der Waals surface area contributed by atoms with Crippen LogP contribution in [0.1, 0.15) is 12.8 Å². The molecule has 1 aliphatic heterocycles. The maximum atomic E-state index is 11.2. The van der Waals surface area contributed by atoms with Gasteiger partial charge < -0.3 is 15.7 Å². The quantitative estimate of drug-likeness (QED) is 0.818. The summed E-state index contributed by atoms with van der Waals surface area (Å²) in [6.07, 6.45) is 3.37. The summed E-state index contributed by atoms with van der Waals surface area (Å²) >= 11 is 0. The van der Waals surface area contributed by atoms with Crippen LogP contribution in [-0.4, -0.2) is 29.1 Å². The molecule has 0 spiro atoms. The lowest BCUT2D eigenvalue weighted by Gasteiger charge is -2.32. The van der Waals surface area contributed by atoms with E-state index in [1.807, 2.05) is 24.3 Å². The van der Waals surface area contributed by atoms with Gasteiger partial charge in [-0.3, -0.25) is 4.79 Å². The Morgan fingerprint density at radius 3 is 3.05 bits per heavy atom. The number of benzene rings is 1. The second-order valence-corrected chi connectivity index (χ2v) is 5.24. The second kappa shape index (κ2) is 5.00. The molecular weight excluding hydrogens is 254 g/mol. The molecule has 104 valence electrons. The van der Waals surface area contributed by atoms with Gasteiger partial charge in [0.15, 0.2) is 0 Å². The molecule has 1 saturated heterocycles. The first kappa shape index (κ1) is 12.7. The first-order chi connectivity index (χ1) is 9.65. The van der Waals surface area contributed by atoms with E-state index in [0.29, 0.717) is 6.54 Å². The van der Waals surface area contributed by atoms with E-state index in [1.165, 1.54) is 0 Å². The third-order valence-corrected chi connectivity index (χ3v) is 3.84. The predicted molar refractivity (Wildman–Crippen MR) is 78.7 cm³/mol. The van der Waals surface area contributed by atoms with Gasteiger partial charge in [0, 0.05) is 30.4 Å². The van der Waals surface area contributed by atoms with Gasteiger partial charge in [0.25, 0.3) is 0 Å². The topological polar surface area (TPSA) is 79.5 Å². The highest BCUT2D eigenvalue weighted by atomic mass is 16.4. The van der Waals surface area contributed by atoms with Crippen molar-refractivity contribution in [3.8, 4) is 0 Å². The molecule has 1 fully saturated rings. The van der Waals surface area contributed by atoms with Gasteiger partial charge in [0.05, 0.1) is 5.92 Å². The van der Waals surface area contributed by atoms with Crippen LogP contribution in [0.25, 0.3) is 10.8 Å². The van der Waals surface area contributed by atoms with Gasteiger partial charge in [-0.05, 0) is 42.5 Å². The molecule has 1 atom stereocenters. The number of hydrogen-bond acceptors (Lipinski definition) is 4. The van der Waals surface area contributed by atoms with E-state index < -0.39 is 5.97 Å². The number of aromatic nitrogens is 1. The number of hydrogen-bond donors (Lipinski definition) is 2. The van der Waals surface area contributed by atoms with Gasteiger partial charge in [0.2, 0.25) is 0 Å². The molecule has 3 rings (SSSR count). The number of pyridine rings is 1. The van der Waals surface area contributed by atoms with Crippen LogP contribution in [0, 0.1) is 5.92 Å². The van der Waals surface area contributed by atoms with Crippen molar-refractivity contribution in [1.82, 2.24) is 4.98 Å². The number of carboxylic acid groups (broad SMARTS) is 1. The van der Waals surface area contributed by atoms with E-state index in [-0.39, 0.29) is 5.92 Å². The average Bonchev–Trinajstić information content (AvgIpc) is 2.46. The number of aliphatic carboxylic acids is 1. The van der Waals surface area contributed by atoms with E-state index in [4.69, 9.17) is 5.73 Å². The molecule has 3 N–H and O–H groups in total. The Morgan fingerprint density at radius 2 is 2.25 bits per heavy atom. The van der Waals surface area contributed by atoms with Crippen LogP contribution in [-0.2, 0) is 4.79 Å². The lowest BCUT2D eigenvalue weighted by atomic mass is 9.98. The average molecular weight is 271 g/mol. The number of anilines is 2. The van der Waals surface area contributed by atoms with Crippen molar-refractivity contribution >= 4 is 28.2 Å². The summed E-state index contributed by atoms with van der Waals surface area (Å²) in [5, 5.41) is 11.2. The molecule has 0 aliphatic carbocycles. The van der Waals surface area contributed by atoms with Gasteiger partial charge >= 0.3 is 5.97 Å². The monoisotopic (exact) mass is 271 g/mol. The van der Waals surface area contributed by atoms with E-state index >= 15 is 0 Å². The number of nitrogens with zero attached hydrogens (tertiary/aromatic N) is 2. The van der Waals surface area contributed by atoms with Gasteiger partial charge in [-0.1, -0.05) is 0 Å². The van der Waals surface area contributed by atoms with Gasteiger partial charge in [-0.2, -0.15) is 0 Å². The van der Waals surface area contributed by atoms with Crippen LogP contribution >= 0.6 is 0 Å². The van der Waals surface area contributed by atoms with Crippen LogP contribution in [0.3, 0.4) is 0 Å². The SMILES string of the molecule is Nc1ccc2c(N3CCCC(C(=O)O)C3)nccc2c1. The Balaban J connectivity index is 1.99. The van der Waals surface area contributed by atoms with Crippen LogP contribution in [0.15, 0.2) is 30.5 Å². The first-order valence-electron chi connectivity index (χ1n) is 6.77. The third-order valence-electron chi connectivity index (χ3n) is 3.84. The lowest BCUT2D eigenvalue weighted by Crippen LogP contribution is -2.39. The van der Waals surface area contributed by atoms with Crippen molar-refractivity contribution in [1.29, 1.82) is 0 Å². The summed E-state index contributed by atoms with van der Waals surface area (Å²) in [5.74, 6) is -0.179. The zero-order chi connectivity index (χ0) is 14.1. The maximum Gasteiger partial charge on any atom is 0.308 e. The van der Waals surface area contributed by atoms with Crippen molar-refractivity contribution in [3.63, 3.8) is 0 Å². The summed E-state index contributed by atoms with van der Waals surface area (Å²) in [4.78, 5) is 17.7. The van der Waals surface area contributed by atoms with E-state index in [9.17, 15) is 9.90 Å². The summed E-state index contributed by atoms with van der Waals surface area (Å²) in [6, 6.07) is 7.65. The largest absolute Gasteiger partial charge is 0.481 e. The van der Waals surface area contributed by atoms with E-state index in [0.717, 1.165) is 41.7 Å². The highest BCUT2D eigenvalue weighted by molar-refractivity contribution is 5.94. The zero-order valence-electron chi connectivity index (χ0n) is 11.1. The number of rotatable bonds is 2. The van der Waals surface area contributed by atoms with Gasteiger partial charge in [0.1, 0.15) is 5.82 Å². The number of nitrogen functional groups attached to an aromatic ring is 1. The molecule has 5 heteroatoms. The van der Waals surface area contributed by atoms with Gasteiger partial charge in [-0.15, -0.1) is 0 Å². The molecule has 0 amide bonds. The van der Waals surface area contributed by atoms with Gasteiger partial charge in [-0.25, -0.2) is 4.98 Å². The van der Waals surface area contributed by atoms with Crippen molar-refractivity contribution in [2.24, 2.45) is 5.92 Å². The van der Waals surface area contributed by atoms with Crippen LogP contribution in [0.4, 0.5) is 11.5 Å². The number of piperidine rings is 1. The standard InChI is InChI=1S/C15H17N3O2/c16-12-3-4-13-10(8-12)5-6-17-14(13)18-7-1-2-11(9-18)15(19)20/h3-6,8,11H,1-2,7,9,16H2,(H,19,20). The summed E-state index contributed by atoms with van der Waals surface area (Å²) in [5.41, 5.74) is 6.52. The Bertz CT molecular complexity index is 657. The molecule has 0 bridgehead atoms. The highest BCUT2D eigenvalue weighted by Crippen LogP contribution is 2.29. The van der Waals surface area contributed by atoms with Crippen LogP contribution < -0.4 is 10.6 Å². The molecule has 1 aromatic carbocycles. The summed E-state index contributed by atoms with van der Waals surface area (Å²) in [7, 11) is 0.